The number of Topliss-reactive ketones (excluding diaryl/α,β-unsaturated/α-hetero) is 2. The molecule has 1 N–H and O–H groups in total. The predicted molar refractivity (Wildman–Crippen MR) is 118 cm³/mol. The van der Waals surface area contributed by atoms with Crippen LogP contribution in [0, 0.1) is 20.8 Å². The number of benzene rings is 1. The van der Waals surface area contributed by atoms with Gasteiger partial charge < -0.3 is 9.72 Å². The van der Waals surface area contributed by atoms with Gasteiger partial charge in [-0.05, 0) is 44.9 Å². The molecule has 1 aromatic carbocycles. The van der Waals surface area contributed by atoms with Crippen LogP contribution in [0.2, 0.25) is 0 Å². The summed E-state index contributed by atoms with van der Waals surface area (Å²) in [6, 6.07) is 7.17. The van der Waals surface area contributed by atoms with E-state index in [0.29, 0.717) is 33.8 Å². The highest BCUT2D eigenvalue weighted by Gasteiger charge is 2.21. The van der Waals surface area contributed by atoms with Crippen LogP contribution in [0.4, 0.5) is 0 Å². The Labute approximate surface area is 183 Å². The lowest BCUT2D eigenvalue weighted by Crippen LogP contribution is -2.16. The zero-order valence-electron chi connectivity index (χ0n) is 17.2. The topological polar surface area (TPSA) is 89.1 Å². The van der Waals surface area contributed by atoms with E-state index in [2.05, 4.69) is 9.97 Å². The molecule has 8 heteroatoms. The second-order valence-electron chi connectivity index (χ2n) is 6.88. The van der Waals surface area contributed by atoms with Gasteiger partial charge in [0.2, 0.25) is 5.78 Å². The number of aromatic nitrogens is 2. The zero-order chi connectivity index (χ0) is 21.8. The van der Waals surface area contributed by atoms with E-state index in [1.165, 1.54) is 6.92 Å². The first kappa shape index (κ1) is 22.0. The monoisotopic (exact) mass is 442 g/mol. The summed E-state index contributed by atoms with van der Waals surface area (Å²) < 4.78 is 6.22. The fraction of sp³-hybridized carbons (Fsp3) is 0.273. The summed E-state index contributed by atoms with van der Waals surface area (Å²) in [4.78, 5) is 44.3. The first-order chi connectivity index (χ1) is 14.3. The number of carbonyl (C=O) groups is 3. The average molecular weight is 443 g/mol. The maximum atomic E-state index is 12.6. The molecule has 0 saturated carbocycles. The lowest BCUT2D eigenvalue weighted by molar-refractivity contribution is 0.0472. The quantitative estimate of drug-likeness (QED) is 0.302. The third-order valence-corrected chi connectivity index (χ3v) is 6.78. The van der Waals surface area contributed by atoms with Crippen molar-refractivity contribution in [1.82, 2.24) is 9.97 Å². The van der Waals surface area contributed by atoms with E-state index < -0.39 is 12.6 Å². The van der Waals surface area contributed by atoms with Crippen LogP contribution < -0.4 is 0 Å². The smallest absolute Gasteiger partial charge is 0.338 e. The number of hydrogen-bond donors (Lipinski definition) is 1. The highest BCUT2D eigenvalue weighted by atomic mass is 32.2. The molecule has 30 heavy (non-hydrogen) atoms. The summed E-state index contributed by atoms with van der Waals surface area (Å²) in [5, 5.41) is 1.98. The Balaban J connectivity index is 1.67. The van der Waals surface area contributed by atoms with Gasteiger partial charge in [-0.25, -0.2) is 9.78 Å². The van der Waals surface area contributed by atoms with Gasteiger partial charge in [-0.3, -0.25) is 9.59 Å². The SMILES string of the molecule is CC(=O)c1c(C)[nH]c(C(=O)COC(=O)c2ccccc2CSc2nc(C)cs2)c1C. The van der Waals surface area contributed by atoms with Crippen molar-refractivity contribution in [2.45, 2.75) is 37.8 Å². The van der Waals surface area contributed by atoms with E-state index in [0.717, 1.165) is 15.6 Å². The number of aromatic amines is 1. The summed E-state index contributed by atoms with van der Waals surface area (Å²) in [5.41, 5.74) is 4.23. The largest absolute Gasteiger partial charge is 0.454 e. The normalized spacial score (nSPS) is 10.8. The van der Waals surface area contributed by atoms with Crippen molar-refractivity contribution in [3.63, 3.8) is 0 Å². The number of nitrogens with zero attached hydrogens (tertiary/aromatic N) is 1. The minimum Gasteiger partial charge on any atom is -0.454 e. The Morgan fingerprint density at radius 2 is 1.90 bits per heavy atom. The average Bonchev–Trinajstić information content (AvgIpc) is 3.26. The first-order valence-electron chi connectivity index (χ1n) is 9.31. The number of ether oxygens (including phenoxy) is 1. The number of aryl methyl sites for hydroxylation is 2. The van der Waals surface area contributed by atoms with Crippen LogP contribution in [-0.4, -0.2) is 34.1 Å². The number of rotatable bonds is 8. The van der Waals surface area contributed by atoms with Crippen molar-refractivity contribution in [3.05, 3.63) is 69.0 Å². The van der Waals surface area contributed by atoms with Gasteiger partial charge in [0.1, 0.15) is 4.34 Å². The Morgan fingerprint density at radius 3 is 2.53 bits per heavy atom. The third kappa shape index (κ3) is 4.88. The van der Waals surface area contributed by atoms with Gasteiger partial charge in [0.15, 0.2) is 12.4 Å². The highest BCUT2D eigenvalue weighted by Crippen LogP contribution is 2.27. The number of thioether (sulfide) groups is 1. The summed E-state index contributed by atoms with van der Waals surface area (Å²) in [6.07, 6.45) is 0. The van der Waals surface area contributed by atoms with Crippen molar-refractivity contribution >= 4 is 40.6 Å². The molecule has 0 saturated heterocycles. The Hall–Kier alpha value is -2.71. The van der Waals surface area contributed by atoms with Gasteiger partial charge in [-0.2, -0.15) is 0 Å². The number of H-pyrrole nitrogens is 1. The minimum absolute atomic E-state index is 0.112. The molecule has 0 amide bonds. The van der Waals surface area contributed by atoms with Crippen LogP contribution in [0.3, 0.4) is 0 Å². The van der Waals surface area contributed by atoms with Gasteiger partial charge in [0, 0.05) is 28.1 Å². The molecule has 6 nitrogen and oxygen atoms in total. The molecule has 0 aliphatic rings. The van der Waals surface area contributed by atoms with E-state index in [1.807, 2.05) is 24.4 Å². The lowest BCUT2D eigenvalue weighted by atomic mass is 10.1. The maximum Gasteiger partial charge on any atom is 0.338 e. The van der Waals surface area contributed by atoms with Crippen molar-refractivity contribution in [2.75, 3.05) is 6.61 Å². The molecule has 0 bridgehead atoms. The summed E-state index contributed by atoms with van der Waals surface area (Å²) >= 11 is 3.12. The van der Waals surface area contributed by atoms with Gasteiger partial charge in [0.25, 0.3) is 0 Å². The van der Waals surface area contributed by atoms with Crippen molar-refractivity contribution < 1.29 is 19.1 Å². The van der Waals surface area contributed by atoms with Gasteiger partial charge in [0.05, 0.1) is 11.3 Å². The molecule has 2 aromatic heterocycles. The number of hydrogen-bond acceptors (Lipinski definition) is 7. The third-order valence-electron chi connectivity index (χ3n) is 4.59. The fourth-order valence-corrected chi connectivity index (χ4v) is 5.07. The summed E-state index contributed by atoms with van der Waals surface area (Å²) in [7, 11) is 0. The van der Waals surface area contributed by atoms with E-state index >= 15 is 0 Å². The second kappa shape index (κ2) is 9.40. The number of carbonyl (C=O) groups excluding carboxylic acids is 3. The molecular formula is C22H22N2O4S2. The highest BCUT2D eigenvalue weighted by molar-refractivity contribution is 8.00. The van der Waals surface area contributed by atoms with Gasteiger partial charge >= 0.3 is 5.97 Å². The van der Waals surface area contributed by atoms with Crippen LogP contribution >= 0.6 is 23.1 Å². The molecule has 0 aliphatic heterocycles. The number of thiazole rings is 1. The van der Waals surface area contributed by atoms with Crippen LogP contribution in [0.25, 0.3) is 0 Å². The molecule has 3 rings (SSSR count). The molecule has 156 valence electrons. The molecule has 3 aromatic rings. The molecule has 0 spiro atoms. The van der Waals surface area contributed by atoms with E-state index in [1.54, 1.807) is 49.1 Å². The maximum absolute atomic E-state index is 12.6. The summed E-state index contributed by atoms with van der Waals surface area (Å²) in [6.45, 7) is 6.45. The predicted octanol–water partition coefficient (Wildman–Crippen LogP) is 4.93. The number of nitrogens with one attached hydrogen (secondary N) is 1. The Morgan fingerprint density at radius 1 is 1.17 bits per heavy atom. The Bertz CT molecular complexity index is 1110. The first-order valence-corrected chi connectivity index (χ1v) is 11.2. The van der Waals surface area contributed by atoms with Crippen LogP contribution in [0.15, 0.2) is 34.0 Å². The number of esters is 1. The van der Waals surface area contributed by atoms with E-state index in [9.17, 15) is 14.4 Å². The zero-order valence-corrected chi connectivity index (χ0v) is 18.8. The minimum atomic E-state index is -0.553. The molecular weight excluding hydrogens is 420 g/mol. The van der Waals surface area contributed by atoms with Crippen LogP contribution in [-0.2, 0) is 10.5 Å². The molecule has 0 atom stereocenters. The van der Waals surface area contributed by atoms with Gasteiger partial charge in [-0.1, -0.05) is 30.0 Å². The molecule has 0 fully saturated rings. The lowest BCUT2D eigenvalue weighted by Gasteiger charge is -2.09. The molecule has 0 unspecified atom stereocenters. The van der Waals surface area contributed by atoms with Crippen molar-refractivity contribution in [3.8, 4) is 0 Å². The summed E-state index contributed by atoms with van der Waals surface area (Å²) in [5.74, 6) is -0.466. The van der Waals surface area contributed by atoms with Crippen LogP contribution in [0.1, 0.15) is 60.6 Å². The fourth-order valence-electron chi connectivity index (χ4n) is 3.22. The number of ketones is 2. The standard InChI is InChI=1S/C22H22N2O4S2/c1-12-10-29-22(23-12)30-11-16-7-5-6-8-17(16)21(27)28-9-18(26)20-13(2)19(15(4)25)14(3)24-20/h5-8,10,24H,9,11H2,1-4H3. The second-order valence-corrected chi connectivity index (χ2v) is 8.96. The van der Waals surface area contributed by atoms with E-state index in [4.69, 9.17) is 4.74 Å². The Kier molecular flexibility index (Phi) is 6.89. The molecule has 0 aliphatic carbocycles. The molecule has 2 heterocycles. The van der Waals surface area contributed by atoms with Crippen LogP contribution in [0.5, 0.6) is 0 Å². The van der Waals surface area contributed by atoms with Gasteiger partial charge in [-0.15, -0.1) is 11.3 Å². The van der Waals surface area contributed by atoms with Crippen molar-refractivity contribution in [1.29, 1.82) is 0 Å². The van der Waals surface area contributed by atoms with E-state index in [-0.39, 0.29) is 11.6 Å². The molecule has 0 radical (unpaired) electrons. The van der Waals surface area contributed by atoms with Crippen molar-refractivity contribution in [2.24, 2.45) is 0 Å².